The van der Waals surface area contributed by atoms with Gasteiger partial charge in [-0.25, -0.2) is 9.78 Å². The van der Waals surface area contributed by atoms with Crippen molar-refractivity contribution in [3.63, 3.8) is 0 Å². The number of carboxylic acids is 1. The van der Waals surface area contributed by atoms with Crippen molar-refractivity contribution in [1.82, 2.24) is 9.38 Å². The van der Waals surface area contributed by atoms with Gasteiger partial charge in [0.15, 0.2) is 0 Å². The minimum absolute atomic E-state index is 0.0461. The van der Waals surface area contributed by atoms with Crippen LogP contribution in [0.15, 0.2) is 48.7 Å². The molecule has 0 spiro atoms. The van der Waals surface area contributed by atoms with Gasteiger partial charge in [0.2, 0.25) is 0 Å². The molecule has 0 atom stereocenters. The van der Waals surface area contributed by atoms with Crippen molar-refractivity contribution in [2.45, 2.75) is 0 Å². The van der Waals surface area contributed by atoms with Crippen LogP contribution in [0.1, 0.15) is 10.5 Å². The van der Waals surface area contributed by atoms with E-state index in [9.17, 15) is 14.9 Å². The number of carboxylic acid groups (broad SMARTS) is 1. The van der Waals surface area contributed by atoms with Crippen molar-refractivity contribution in [2.24, 2.45) is 0 Å². The van der Waals surface area contributed by atoms with Crippen molar-refractivity contribution in [3.8, 4) is 11.3 Å². The molecule has 0 saturated carbocycles. The molecule has 2 heterocycles. The van der Waals surface area contributed by atoms with Crippen LogP contribution >= 0.6 is 0 Å². The molecule has 7 heteroatoms. The number of hydrogen-bond acceptors (Lipinski definition) is 4. The van der Waals surface area contributed by atoms with Gasteiger partial charge in [-0.1, -0.05) is 18.2 Å². The zero-order valence-electron chi connectivity index (χ0n) is 10.6. The standard InChI is InChI=1S/C14H9N3O4/c18-14(19)12-6-3-7-13-15-10(8-16(12)13)9-4-1-2-5-11(9)17(20)21/h1-8H,(H,18,19). The Balaban J connectivity index is 2.26. The van der Waals surface area contributed by atoms with Crippen LogP contribution in [0.2, 0.25) is 0 Å². The van der Waals surface area contributed by atoms with Gasteiger partial charge in [-0.15, -0.1) is 0 Å². The van der Waals surface area contributed by atoms with Crippen LogP contribution in [0, 0.1) is 10.1 Å². The van der Waals surface area contributed by atoms with Crippen LogP contribution < -0.4 is 0 Å². The van der Waals surface area contributed by atoms with Gasteiger partial charge < -0.3 is 5.11 Å². The number of nitro benzene ring substituents is 1. The molecule has 0 saturated heterocycles. The molecule has 3 aromatic rings. The van der Waals surface area contributed by atoms with Crippen molar-refractivity contribution in [3.05, 3.63) is 64.5 Å². The van der Waals surface area contributed by atoms with E-state index >= 15 is 0 Å². The number of pyridine rings is 1. The zero-order chi connectivity index (χ0) is 15.0. The average molecular weight is 283 g/mol. The van der Waals surface area contributed by atoms with E-state index in [1.54, 1.807) is 30.3 Å². The Labute approximate surface area is 118 Å². The topological polar surface area (TPSA) is 97.7 Å². The summed E-state index contributed by atoms with van der Waals surface area (Å²) in [5.74, 6) is -1.09. The number of rotatable bonds is 3. The Morgan fingerprint density at radius 3 is 2.67 bits per heavy atom. The van der Waals surface area contributed by atoms with E-state index in [0.29, 0.717) is 16.9 Å². The number of imidazole rings is 1. The Kier molecular flexibility index (Phi) is 2.87. The monoisotopic (exact) mass is 283 g/mol. The molecule has 0 unspecified atom stereocenters. The van der Waals surface area contributed by atoms with E-state index in [4.69, 9.17) is 5.11 Å². The maximum Gasteiger partial charge on any atom is 0.352 e. The molecule has 1 aromatic carbocycles. The molecule has 0 fully saturated rings. The van der Waals surface area contributed by atoms with Gasteiger partial charge in [0, 0.05) is 12.3 Å². The Hall–Kier alpha value is -3.22. The number of para-hydroxylation sites is 1. The Morgan fingerprint density at radius 1 is 1.19 bits per heavy atom. The molecular formula is C14H9N3O4. The van der Waals surface area contributed by atoms with Gasteiger partial charge in [0.05, 0.1) is 16.2 Å². The molecule has 7 nitrogen and oxygen atoms in total. The molecule has 0 amide bonds. The first-order chi connectivity index (χ1) is 10.1. The third-order valence-electron chi connectivity index (χ3n) is 3.09. The molecule has 0 aliphatic heterocycles. The van der Waals surface area contributed by atoms with E-state index in [-0.39, 0.29) is 11.4 Å². The van der Waals surface area contributed by atoms with Crippen molar-refractivity contribution < 1.29 is 14.8 Å². The molecule has 0 bridgehead atoms. The molecule has 3 rings (SSSR count). The summed E-state index contributed by atoms with van der Waals surface area (Å²) < 4.78 is 1.40. The number of hydrogen-bond donors (Lipinski definition) is 1. The molecular weight excluding hydrogens is 274 g/mol. The highest BCUT2D eigenvalue weighted by Gasteiger charge is 2.18. The fraction of sp³-hybridized carbons (Fsp3) is 0. The van der Waals surface area contributed by atoms with Crippen LogP contribution in [0.5, 0.6) is 0 Å². The van der Waals surface area contributed by atoms with Crippen molar-refractivity contribution in [2.75, 3.05) is 0 Å². The maximum absolute atomic E-state index is 11.2. The van der Waals surface area contributed by atoms with Gasteiger partial charge in [-0.2, -0.15) is 0 Å². The molecule has 0 aliphatic carbocycles. The fourth-order valence-corrected chi connectivity index (χ4v) is 2.16. The van der Waals surface area contributed by atoms with Gasteiger partial charge in [-0.05, 0) is 18.2 Å². The first kappa shape index (κ1) is 12.8. The molecule has 21 heavy (non-hydrogen) atoms. The lowest BCUT2D eigenvalue weighted by Crippen LogP contribution is -2.03. The van der Waals surface area contributed by atoms with Crippen molar-refractivity contribution >= 4 is 17.3 Å². The number of nitro groups is 1. The quantitative estimate of drug-likeness (QED) is 0.588. The summed E-state index contributed by atoms with van der Waals surface area (Å²) >= 11 is 0. The van der Waals surface area contributed by atoms with E-state index in [1.807, 2.05) is 0 Å². The summed E-state index contributed by atoms with van der Waals surface area (Å²) in [6, 6.07) is 10.9. The lowest BCUT2D eigenvalue weighted by atomic mass is 10.1. The first-order valence-corrected chi connectivity index (χ1v) is 6.03. The first-order valence-electron chi connectivity index (χ1n) is 6.03. The lowest BCUT2D eigenvalue weighted by Gasteiger charge is -1.98. The van der Waals surface area contributed by atoms with Crippen LogP contribution in [-0.2, 0) is 0 Å². The molecule has 1 N–H and O–H groups in total. The minimum atomic E-state index is -1.09. The summed E-state index contributed by atoms with van der Waals surface area (Å²) in [6.07, 6.45) is 1.49. The van der Waals surface area contributed by atoms with E-state index in [0.717, 1.165) is 0 Å². The number of aromatic nitrogens is 2. The number of aromatic carboxylic acids is 1. The Bertz CT molecular complexity index is 870. The molecule has 0 radical (unpaired) electrons. The fourth-order valence-electron chi connectivity index (χ4n) is 2.16. The van der Waals surface area contributed by atoms with Gasteiger partial charge in [0.1, 0.15) is 11.3 Å². The number of nitrogens with zero attached hydrogens (tertiary/aromatic N) is 3. The van der Waals surface area contributed by atoms with Crippen LogP contribution in [0.25, 0.3) is 16.9 Å². The van der Waals surface area contributed by atoms with E-state index < -0.39 is 10.9 Å². The van der Waals surface area contributed by atoms with Gasteiger partial charge >= 0.3 is 5.97 Å². The Morgan fingerprint density at radius 2 is 1.95 bits per heavy atom. The lowest BCUT2D eigenvalue weighted by molar-refractivity contribution is -0.384. The number of benzene rings is 1. The van der Waals surface area contributed by atoms with Gasteiger partial charge in [-0.3, -0.25) is 14.5 Å². The smallest absolute Gasteiger partial charge is 0.352 e. The third kappa shape index (κ3) is 2.10. The number of carbonyl (C=O) groups is 1. The molecule has 0 aliphatic rings. The second-order valence-corrected chi connectivity index (χ2v) is 4.34. The predicted molar refractivity (Wildman–Crippen MR) is 74.2 cm³/mol. The second kappa shape index (κ2) is 4.71. The highest BCUT2D eigenvalue weighted by atomic mass is 16.6. The van der Waals surface area contributed by atoms with E-state index in [2.05, 4.69) is 4.98 Å². The largest absolute Gasteiger partial charge is 0.477 e. The molecule has 2 aromatic heterocycles. The van der Waals surface area contributed by atoms with E-state index in [1.165, 1.54) is 22.7 Å². The van der Waals surface area contributed by atoms with Crippen LogP contribution in [0.4, 0.5) is 5.69 Å². The summed E-state index contributed by atoms with van der Waals surface area (Å²) in [5, 5.41) is 20.2. The summed E-state index contributed by atoms with van der Waals surface area (Å²) in [4.78, 5) is 26.0. The summed E-state index contributed by atoms with van der Waals surface area (Å²) in [6.45, 7) is 0. The van der Waals surface area contributed by atoms with Gasteiger partial charge in [0.25, 0.3) is 5.69 Å². The van der Waals surface area contributed by atoms with Crippen molar-refractivity contribution in [1.29, 1.82) is 0 Å². The minimum Gasteiger partial charge on any atom is -0.477 e. The maximum atomic E-state index is 11.2. The zero-order valence-corrected chi connectivity index (χ0v) is 10.6. The van der Waals surface area contributed by atoms with Crippen LogP contribution in [-0.4, -0.2) is 25.4 Å². The predicted octanol–water partition coefficient (Wildman–Crippen LogP) is 2.61. The number of fused-ring (bicyclic) bond motifs is 1. The summed E-state index contributed by atoms with van der Waals surface area (Å²) in [5.41, 5.74) is 1.10. The average Bonchev–Trinajstić information content (AvgIpc) is 2.90. The summed E-state index contributed by atoms with van der Waals surface area (Å²) in [7, 11) is 0. The van der Waals surface area contributed by atoms with Crippen LogP contribution in [0.3, 0.4) is 0 Å². The SMILES string of the molecule is O=C(O)c1cccc2nc(-c3ccccc3[N+](=O)[O-])cn12. The third-order valence-corrected chi connectivity index (χ3v) is 3.09. The highest BCUT2D eigenvalue weighted by molar-refractivity contribution is 5.87. The molecule has 104 valence electrons. The second-order valence-electron chi connectivity index (χ2n) is 4.34. The normalized spacial score (nSPS) is 10.7. The highest BCUT2D eigenvalue weighted by Crippen LogP contribution is 2.29.